The first-order valence-corrected chi connectivity index (χ1v) is 9.82. The van der Waals surface area contributed by atoms with E-state index in [9.17, 15) is 10.1 Å². The number of thiophene rings is 1. The summed E-state index contributed by atoms with van der Waals surface area (Å²) >= 11 is 3.16. The molecule has 0 saturated heterocycles. The Kier molecular flexibility index (Phi) is 6.79. The topological polar surface area (TPSA) is 62.4 Å². The first-order valence-electron chi connectivity index (χ1n) is 7.95. The highest BCUT2D eigenvalue weighted by atomic mass is 32.2. The molecule has 0 aliphatic carbocycles. The lowest BCUT2D eigenvalue weighted by atomic mass is 9.80. The summed E-state index contributed by atoms with van der Waals surface area (Å²) in [5, 5.41) is 12.6. The maximum Gasteiger partial charge on any atom is 0.158 e. The number of hydrogen-bond donors (Lipinski definition) is 0. The molecule has 0 N–H and O–H groups in total. The van der Waals surface area contributed by atoms with E-state index < -0.39 is 5.92 Å². The number of rotatable bonds is 6. The second-order valence-corrected chi connectivity index (χ2v) is 7.67. The summed E-state index contributed by atoms with van der Waals surface area (Å²) in [7, 11) is 0. The molecule has 2 atom stereocenters. The Labute approximate surface area is 151 Å². The highest BCUT2D eigenvalue weighted by molar-refractivity contribution is 8.14. The Morgan fingerprint density at radius 2 is 2.25 bits per heavy atom. The summed E-state index contributed by atoms with van der Waals surface area (Å²) in [4.78, 5) is 17.9. The largest absolute Gasteiger partial charge is 0.381 e. The third kappa shape index (κ3) is 3.97. The van der Waals surface area contributed by atoms with E-state index in [0.29, 0.717) is 18.8 Å². The smallest absolute Gasteiger partial charge is 0.158 e. The number of carbonyl (C=O) groups excluding carboxylic acids is 1. The SMILES string of the molecule is CCOCCSC1=NC(C)=C(C(C)=O)[C@@H](c2sccc2C)C1C#N. The van der Waals surface area contributed by atoms with Crippen molar-refractivity contribution in [2.45, 2.75) is 33.6 Å². The van der Waals surface area contributed by atoms with Crippen LogP contribution in [0.25, 0.3) is 0 Å². The van der Waals surface area contributed by atoms with E-state index in [1.807, 2.05) is 32.2 Å². The number of allylic oxidation sites excluding steroid dienone is 2. The van der Waals surface area contributed by atoms with E-state index in [4.69, 9.17) is 4.74 Å². The second kappa shape index (κ2) is 8.61. The average molecular weight is 363 g/mol. The van der Waals surface area contributed by atoms with E-state index >= 15 is 0 Å². The molecule has 0 bridgehead atoms. The number of aryl methyl sites for hydroxylation is 1. The van der Waals surface area contributed by atoms with Crippen LogP contribution in [0.2, 0.25) is 0 Å². The fourth-order valence-electron chi connectivity index (χ4n) is 2.89. The van der Waals surface area contributed by atoms with E-state index in [-0.39, 0.29) is 11.7 Å². The summed E-state index contributed by atoms with van der Waals surface area (Å²) in [6.45, 7) is 8.72. The molecule has 6 heteroatoms. The molecule has 0 spiro atoms. The van der Waals surface area contributed by atoms with Crippen molar-refractivity contribution in [3.8, 4) is 6.07 Å². The highest BCUT2D eigenvalue weighted by Gasteiger charge is 2.38. The molecule has 1 unspecified atom stereocenters. The molecule has 128 valence electrons. The molecule has 0 fully saturated rings. The standard InChI is InChI=1S/C18H22N2O2S2/c1-5-22-7-9-24-18-14(10-19)16(17-11(2)6-8-23-17)15(13(4)21)12(3)20-18/h6,8,14,16H,5,7,9H2,1-4H3/t14?,16-/m0/s1. The minimum absolute atomic E-state index is 0.00679. The zero-order chi connectivity index (χ0) is 17.7. The number of thioether (sulfide) groups is 1. The summed E-state index contributed by atoms with van der Waals surface area (Å²) in [6, 6.07) is 4.43. The van der Waals surface area contributed by atoms with Gasteiger partial charge in [0, 0.05) is 34.4 Å². The van der Waals surface area contributed by atoms with Crippen LogP contribution < -0.4 is 0 Å². The fraction of sp³-hybridized carbons (Fsp3) is 0.500. The third-order valence-electron chi connectivity index (χ3n) is 3.96. The first kappa shape index (κ1) is 18.9. The van der Waals surface area contributed by atoms with Crippen molar-refractivity contribution < 1.29 is 9.53 Å². The van der Waals surface area contributed by atoms with E-state index in [0.717, 1.165) is 26.9 Å². The van der Waals surface area contributed by atoms with Gasteiger partial charge in [-0.3, -0.25) is 4.79 Å². The van der Waals surface area contributed by atoms with E-state index in [1.54, 1.807) is 30.0 Å². The molecule has 0 aromatic carbocycles. The molecule has 1 aliphatic heterocycles. The van der Waals surface area contributed by atoms with Gasteiger partial charge in [-0.15, -0.1) is 23.1 Å². The van der Waals surface area contributed by atoms with Gasteiger partial charge in [0.1, 0.15) is 5.92 Å². The van der Waals surface area contributed by atoms with Crippen LogP contribution in [0.3, 0.4) is 0 Å². The van der Waals surface area contributed by atoms with E-state index in [2.05, 4.69) is 11.1 Å². The molecule has 0 radical (unpaired) electrons. The van der Waals surface area contributed by atoms with Crippen LogP contribution in [0.15, 0.2) is 27.7 Å². The van der Waals surface area contributed by atoms with Crippen LogP contribution >= 0.6 is 23.1 Å². The van der Waals surface area contributed by atoms with Gasteiger partial charge in [0.25, 0.3) is 0 Å². The normalized spacial score (nSPS) is 20.7. The number of ether oxygens (including phenoxy) is 1. The van der Waals surface area contributed by atoms with Crippen molar-refractivity contribution in [3.63, 3.8) is 0 Å². The minimum Gasteiger partial charge on any atom is -0.381 e. The number of Topliss-reactive ketones (excluding diaryl/α,β-unsaturated/α-hetero) is 1. The maximum absolute atomic E-state index is 12.2. The Morgan fingerprint density at radius 1 is 1.50 bits per heavy atom. The second-order valence-electron chi connectivity index (χ2n) is 5.60. The molecular weight excluding hydrogens is 340 g/mol. The zero-order valence-electron chi connectivity index (χ0n) is 14.5. The number of carbonyl (C=O) groups is 1. The summed E-state index contributed by atoms with van der Waals surface area (Å²) in [5.74, 6) is 0.104. The monoisotopic (exact) mass is 362 g/mol. The number of hydrogen-bond acceptors (Lipinski definition) is 6. The Morgan fingerprint density at radius 3 is 2.79 bits per heavy atom. The fourth-order valence-corrected chi connectivity index (χ4v) is 4.94. The molecule has 0 saturated carbocycles. The average Bonchev–Trinajstić information content (AvgIpc) is 2.96. The van der Waals surface area contributed by atoms with Crippen LogP contribution in [-0.2, 0) is 9.53 Å². The predicted molar refractivity (Wildman–Crippen MR) is 101 cm³/mol. The quantitative estimate of drug-likeness (QED) is 0.707. The van der Waals surface area contributed by atoms with Gasteiger partial charge in [-0.05, 0) is 44.7 Å². The lowest BCUT2D eigenvalue weighted by Crippen LogP contribution is -2.28. The summed E-state index contributed by atoms with van der Waals surface area (Å²) < 4.78 is 5.38. The first-order chi connectivity index (χ1) is 11.5. The number of ketones is 1. The van der Waals surface area contributed by atoms with Crippen molar-refractivity contribution in [2.75, 3.05) is 19.0 Å². The molecule has 1 aromatic rings. The summed E-state index contributed by atoms with van der Waals surface area (Å²) in [5.41, 5.74) is 2.52. The molecule has 24 heavy (non-hydrogen) atoms. The molecule has 2 heterocycles. The van der Waals surface area contributed by atoms with Gasteiger partial charge >= 0.3 is 0 Å². The van der Waals surface area contributed by atoms with Crippen LogP contribution in [0.1, 0.15) is 37.1 Å². The van der Waals surface area contributed by atoms with Gasteiger partial charge in [0.05, 0.1) is 17.7 Å². The maximum atomic E-state index is 12.2. The zero-order valence-corrected chi connectivity index (χ0v) is 16.1. The van der Waals surface area contributed by atoms with Crippen molar-refractivity contribution in [1.29, 1.82) is 5.26 Å². The number of nitriles is 1. The minimum atomic E-state index is -0.420. The lowest BCUT2D eigenvalue weighted by molar-refractivity contribution is -0.114. The third-order valence-corrected chi connectivity index (χ3v) is 6.08. The number of nitrogens with zero attached hydrogens (tertiary/aromatic N) is 2. The van der Waals surface area contributed by atoms with Crippen LogP contribution in [0.5, 0.6) is 0 Å². The lowest BCUT2D eigenvalue weighted by Gasteiger charge is -2.29. The van der Waals surface area contributed by atoms with Crippen molar-refractivity contribution in [1.82, 2.24) is 0 Å². The highest BCUT2D eigenvalue weighted by Crippen LogP contribution is 2.44. The Hall–Kier alpha value is -1.42. The van der Waals surface area contributed by atoms with Crippen molar-refractivity contribution >= 4 is 33.9 Å². The van der Waals surface area contributed by atoms with Crippen LogP contribution in [0.4, 0.5) is 0 Å². The Balaban J connectivity index is 2.41. The molecule has 0 amide bonds. The van der Waals surface area contributed by atoms with Crippen molar-refractivity contribution in [3.05, 3.63) is 33.2 Å². The van der Waals surface area contributed by atoms with Gasteiger partial charge in [0.15, 0.2) is 5.78 Å². The van der Waals surface area contributed by atoms with Gasteiger partial charge in [0.2, 0.25) is 0 Å². The van der Waals surface area contributed by atoms with Gasteiger partial charge in [-0.1, -0.05) is 0 Å². The molecule has 2 rings (SSSR count). The molecular formula is C18H22N2O2S2. The van der Waals surface area contributed by atoms with Gasteiger partial charge in [-0.25, -0.2) is 4.99 Å². The van der Waals surface area contributed by atoms with Crippen LogP contribution in [0, 0.1) is 24.2 Å². The molecule has 4 nitrogen and oxygen atoms in total. The van der Waals surface area contributed by atoms with E-state index in [1.165, 1.54) is 0 Å². The predicted octanol–water partition coefficient (Wildman–Crippen LogP) is 4.32. The molecule has 1 aromatic heterocycles. The number of aliphatic imine (C=N–C) groups is 1. The Bertz CT molecular complexity index is 713. The van der Waals surface area contributed by atoms with Crippen molar-refractivity contribution in [2.24, 2.45) is 10.9 Å². The molecule has 1 aliphatic rings. The van der Waals surface area contributed by atoms with Gasteiger partial charge in [-0.2, -0.15) is 5.26 Å². The van der Waals surface area contributed by atoms with Gasteiger partial charge < -0.3 is 4.74 Å². The summed E-state index contributed by atoms with van der Waals surface area (Å²) in [6.07, 6.45) is 0. The van der Waals surface area contributed by atoms with Crippen LogP contribution in [-0.4, -0.2) is 29.8 Å².